The molecule has 1 N–H and O–H groups in total. The highest BCUT2D eigenvalue weighted by Crippen LogP contribution is 2.18. The third-order valence-electron chi connectivity index (χ3n) is 4.53. The van der Waals surface area contributed by atoms with Crippen molar-refractivity contribution in [3.63, 3.8) is 0 Å². The first-order chi connectivity index (χ1) is 12.2. The van der Waals surface area contributed by atoms with Gasteiger partial charge in [0.05, 0.1) is 11.4 Å². The number of rotatable bonds is 7. The lowest BCUT2D eigenvalue weighted by atomic mass is 10.1. The molecule has 140 valence electrons. The van der Waals surface area contributed by atoms with Crippen molar-refractivity contribution in [3.05, 3.63) is 64.7 Å². The summed E-state index contributed by atoms with van der Waals surface area (Å²) in [5, 5.41) is 2.79. The van der Waals surface area contributed by atoms with Crippen molar-refractivity contribution < 1.29 is 13.2 Å². The van der Waals surface area contributed by atoms with E-state index in [0.717, 1.165) is 15.4 Å². The van der Waals surface area contributed by atoms with Crippen molar-refractivity contribution in [1.82, 2.24) is 9.62 Å². The summed E-state index contributed by atoms with van der Waals surface area (Å²) in [6, 6.07) is 13.0. The van der Waals surface area contributed by atoms with E-state index in [0.29, 0.717) is 13.0 Å². The molecule has 6 heteroatoms. The van der Waals surface area contributed by atoms with Gasteiger partial charge in [-0.2, -0.15) is 4.31 Å². The van der Waals surface area contributed by atoms with Crippen LogP contribution in [0.1, 0.15) is 22.3 Å². The lowest BCUT2D eigenvalue weighted by Gasteiger charge is -2.17. The zero-order valence-corrected chi connectivity index (χ0v) is 16.6. The minimum Gasteiger partial charge on any atom is -0.355 e. The number of benzene rings is 2. The van der Waals surface area contributed by atoms with Gasteiger partial charge in [-0.1, -0.05) is 30.3 Å². The Balaban J connectivity index is 1.93. The summed E-state index contributed by atoms with van der Waals surface area (Å²) < 4.78 is 26.3. The second-order valence-corrected chi connectivity index (χ2v) is 8.58. The highest BCUT2D eigenvalue weighted by Gasteiger charge is 2.23. The first kappa shape index (κ1) is 20.1. The van der Waals surface area contributed by atoms with E-state index in [1.165, 1.54) is 18.2 Å². The van der Waals surface area contributed by atoms with Gasteiger partial charge in [0.15, 0.2) is 0 Å². The zero-order valence-electron chi connectivity index (χ0n) is 15.7. The molecule has 0 aliphatic heterocycles. The second-order valence-electron chi connectivity index (χ2n) is 6.53. The second kappa shape index (κ2) is 8.47. The molecule has 0 saturated heterocycles. The van der Waals surface area contributed by atoms with Crippen LogP contribution >= 0.6 is 0 Å². The third-order valence-corrected chi connectivity index (χ3v) is 6.33. The van der Waals surface area contributed by atoms with Crippen LogP contribution in [0.2, 0.25) is 0 Å². The normalized spacial score (nSPS) is 11.6. The number of nitrogens with one attached hydrogen (secondary N) is 1. The molecule has 0 aliphatic carbocycles. The Morgan fingerprint density at radius 1 is 1.00 bits per heavy atom. The maximum atomic E-state index is 12.6. The number of amides is 1. The predicted octanol–water partition coefficient (Wildman–Crippen LogP) is 2.59. The minimum absolute atomic E-state index is 0.204. The molecule has 0 heterocycles. The van der Waals surface area contributed by atoms with Gasteiger partial charge in [-0.05, 0) is 61.6 Å². The number of carbonyl (C=O) groups is 1. The molecule has 2 aromatic rings. The summed E-state index contributed by atoms with van der Waals surface area (Å²) in [7, 11) is -2.26. The highest BCUT2D eigenvalue weighted by atomic mass is 32.2. The number of hydrogen-bond donors (Lipinski definition) is 1. The van der Waals surface area contributed by atoms with E-state index in [9.17, 15) is 13.2 Å². The molecule has 2 rings (SSSR count). The van der Waals surface area contributed by atoms with Crippen molar-refractivity contribution in [3.8, 4) is 0 Å². The molecule has 0 radical (unpaired) electrons. The fourth-order valence-electron chi connectivity index (χ4n) is 2.62. The fraction of sp³-hybridized carbons (Fsp3) is 0.350. The molecule has 0 fully saturated rings. The van der Waals surface area contributed by atoms with E-state index in [1.54, 1.807) is 18.2 Å². The molecule has 1 amide bonds. The first-order valence-electron chi connectivity index (χ1n) is 8.56. The molecule has 0 atom stereocenters. The van der Waals surface area contributed by atoms with Gasteiger partial charge in [-0.3, -0.25) is 4.79 Å². The number of hydrogen-bond acceptors (Lipinski definition) is 3. The van der Waals surface area contributed by atoms with E-state index in [1.807, 2.05) is 45.0 Å². The van der Waals surface area contributed by atoms with E-state index >= 15 is 0 Å². The van der Waals surface area contributed by atoms with Gasteiger partial charge >= 0.3 is 0 Å². The molecular formula is C20H26N2O3S. The van der Waals surface area contributed by atoms with Crippen molar-refractivity contribution >= 4 is 15.9 Å². The van der Waals surface area contributed by atoms with Crippen LogP contribution in [0.15, 0.2) is 47.4 Å². The molecule has 5 nitrogen and oxygen atoms in total. The zero-order chi connectivity index (χ0) is 19.3. The number of aryl methyl sites for hydroxylation is 3. The van der Waals surface area contributed by atoms with E-state index in [4.69, 9.17) is 0 Å². The molecule has 26 heavy (non-hydrogen) atoms. The molecule has 0 saturated carbocycles. The topological polar surface area (TPSA) is 66.5 Å². The van der Waals surface area contributed by atoms with Crippen LogP contribution in [-0.2, 0) is 21.2 Å². The Kier molecular flexibility index (Phi) is 6.56. The number of nitrogens with zero attached hydrogens (tertiary/aromatic N) is 1. The van der Waals surface area contributed by atoms with E-state index < -0.39 is 10.0 Å². The van der Waals surface area contributed by atoms with Gasteiger partial charge in [0.25, 0.3) is 0 Å². The standard InChI is InChI=1S/C20H26N2O3S/c1-15-9-10-19(13-17(15)3)26(24,25)22(4)14-20(23)21-12-11-18-8-6-5-7-16(18)2/h5-10,13H,11-12,14H2,1-4H3,(H,21,23). The van der Waals surface area contributed by atoms with Crippen LogP contribution in [0.4, 0.5) is 0 Å². The van der Waals surface area contributed by atoms with Gasteiger partial charge in [0, 0.05) is 13.6 Å². The molecular weight excluding hydrogens is 348 g/mol. The summed E-state index contributed by atoms with van der Waals surface area (Å²) >= 11 is 0. The van der Waals surface area contributed by atoms with Crippen LogP contribution in [0.3, 0.4) is 0 Å². The molecule has 0 spiro atoms. The average molecular weight is 375 g/mol. The Morgan fingerprint density at radius 2 is 1.69 bits per heavy atom. The Morgan fingerprint density at radius 3 is 2.35 bits per heavy atom. The number of sulfonamides is 1. The maximum absolute atomic E-state index is 12.6. The van der Waals surface area contributed by atoms with Crippen LogP contribution < -0.4 is 5.32 Å². The van der Waals surface area contributed by atoms with Gasteiger partial charge in [-0.25, -0.2) is 8.42 Å². The van der Waals surface area contributed by atoms with E-state index in [-0.39, 0.29) is 17.3 Å². The quantitative estimate of drug-likeness (QED) is 0.810. The third kappa shape index (κ3) is 4.93. The number of carbonyl (C=O) groups excluding carboxylic acids is 1. The predicted molar refractivity (Wildman–Crippen MR) is 104 cm³/mol. The van der Waals surface area contributed by atoms with Crippen molar-refractivity contribution in [2.75, 3.05) is 20.1 Å². The molecule has 0 aliphatic rings. The summed E-state index contributed by atoms with van der Waals surface area (Å²) in [5.74, 6) is -0.312. The van der Waals surface area contributed by atoms with Crippen LogP contribution in [-0.4, -0.2) is 38.8 Å². The first-order valence-corrected chi connectivity index (χ1v) is 10.0. The largest absolute Gasteiger partial charge is 0.355 e. The summed E-state index contributed by atoms with van der Waals surface area (Å²) in [6.07, 6.45) is 0.714. The maximum Gasteiger partial charge on any atom is 0.243 e. The Hall–Kier alpha value is -2.18. The Labute approximate surface area is 156 Å². The number of likely N-dealkylation sites (N-methyl/N-ethyl adjacent to an activating group) is 1. The van der Waals surface area contributed by atoms with Gasteiger partial charge in [0.1, 0.15) is 0 Å². The van der Waals surface area contributed by atoms with Gasteiger partial charge in [0.2, 0.25) is 15.9 Å². The highest BCUT2D eigenvalue weighted by molar-refractivity contribution is 7.89. The molecule has 0 bridgehead atoms. The van der Waals surface area contributed by atoms with Crippen molar-refractivity contribution in [1.29, 1.82) is 0 Å². The molecule has 0 unspecified atom stereocenters. The van der Waals surface area contributed by atoms with Crippen LogP contribution in [0.25, 0.3) is 0 Å². The molecule has 2 aromatic carbocycles. The summed E-state index contributed by atoms with van der Waals surface area (Å²) in [5.41, 5.74) is 4.28. The lowest BCUT2D eigenvalue weighted by molar-refractivity contribution is -0.121. The summed E-state index contributed by atoms with van der Waals surface area (Å²) in [6.45, 7) is 6.09. The Bertz CT molecular complexity index is 892. The van der Waals surface area contributed by atoms with Crippen molar-refractivity contribution in [2.24, 2.45) is 0 Å². The lowest BCUT2D eigenvalue weighted by Crippen LogP contribution is -2.39. The molecule has 0 aromatic heterocycles. The van der Waals surface area contributed by atoms with E-state index in [2.05, 4.69) is 5.32 Å². The fourth-order valence-corrected chi connectivity index (χ4v) is 3.84. The SMILES string of the molecule is Cc1ccc(S(=O)(=O)N(C)CC(=O)NCCc2ccccc2C)cc1C. The smallest absolute Gasteiger partial charge is 0.243 e. The summed E-state index contributed by atoms with van der Waals surface area (Å²) in [4.78, 5) is 12.3. The average Bonchev–Trinajstić information content (AvgIpc) is 2.58. The van der Waals surface area contributed by atoms with Crippen molar-refractivity contribution in [2.45, 2.75) is 32.1 Å². The van der Waals surface area contributed by atoms with Crippen LogP contribution in [0.5, 0.6) is 0 Å². The monoisotopic (exact) mass is 374 g/mol. The van der Waals surface area contributed by atoms with Gasteiger partial charge in [-0.15, -0.1) is 0 Å². The van der Waals surface area contributed by atoms with Crippen LogP contribution in [0, 0.1) is 20.8 Å². The minimum atomic E-state index is -3.68. The van der Waals surface area contributed by atoms with Gasteiger partial charge < -0.3 is 5.32 Å².